The lowest BCUT2D eigenvalue weighted by atomic mass is 10.2. The van der Waals surface area contributed by atoms with E-state index in [1.54, 1.807) is 18.2 Å². The first-order valence-corrected chi connectivity index (χ1v) is 13.4. The summed E-state index contributed by atoms with van der Waals surface area (Å²) in [5.41, 5.74) is 1.65. The number of hydrogen-bond acceptors (Lipinski definition) is 5. The van der Waals surface area contributed by atoms with Crippen LogP contribution in [0.3, 0.4) is 0 Å². The van der Waals surface area contributed by atoms with Gasteiger partial charge in [-0.3, -0.25) is 9.69 Å². The fraction of sp³-hybridized carbons (Fsp3) is 0.462. The first-order chi connectivity index (χ1) is 18.3. The van der Waals surface area contributed by atoms with Crippen molar-refractivity contribution in [3.05, 3.63) is 62.6 Å². The van der Waals surface area contributed by atoms with Gasteiger partial charge in [0.2, 0.25) is 0 Å². The van der Waals surface area contributed by atoms with Gasteiger partial charge in [0.15, 0.2) is 0 Å². The SMILES string of the molecule is CN1CCC[C@H]1COc1ccc(CN2CC[C@H](NC(=O)c3ccc(Cl)c(Cl)c3)C2)cc1Cl.O=C(O)C(F)(F)F. The molecule has 2 atom stereocenters. The molecular weight excluding hydrogens is 582 g/mol. The minimum Gasteiger partial charge on any atom is -0.490 e. The topological polar surface area (TPSA) is 82.1 Å². The van der Waals surface area contributed by atoms with Crippen LogP contribution >= 0.6 is 34.8 Å². The third kappa shape index (κ3) is 9.42. The van der Waals surface area contributed by atoms with Gasteiger partial charge in [0, 0.05) is 37.3 Å². The van der Waals surface area contributed by atoms with Crippen LogP contribution in [0.4, 0.5) is 13.2 Å². The number of carbonyl (C=O) groups excluding carboxylic acids is 1. The van der Waals surface area contributed by atoms with Gasteiger partial charge < -0.3 is 20.1 Å². The number of alkyl halides is 3. The number of amides is 1. The van der Waals surface area contributed by atoms with Gasteiger partial charge in [0.25, 0.3) is 5.91 Å². The summed E-state index contributed by atoms with van der Waals surface area (Å²) in [5.74, 6) is -2.15. The molecule has 4 rings (SSSR count). The molecule has 2 aromatic rings. The second-order valence-corrected chi connectivity index (χ2v) is 10.7. The molecule has 2 aromatic carbocycles. The fourth-order valence-corrected chi connectivity index (χ4v) is 4.95. The van der Waals surface area contributed by atoms with Crippen LogP contribution in [0.1, 0.15) is 35.2 Å². The van der Waals surface area contributed by atoms with Gasteiger partial charge in [-0.05, 0) is 68.8 Å². The quantitative estimate of drug-likeness (QED) is 0.415. The molecule has 0 saturated carbocycles. The van der Waals surface area contributed by atoms with Crippen LogP contribution in [-0.2, 0) is 11.3 Å². The van der Waals surface area contributed by atoms with Crippen molar-refractivity contribution in [2.75, 3.05) is 33.3 Å². The summed E-state index contributed by atoms with van der Waals surface area (Å²) >= 11 is 18.5. The number of carboxylic acid groups (broad SMARTS) is 1. The van der Waals surface area contributed by atoms with Crippen molar-refractivity contribution in [2.24, 2.45) is 0 Å². The number of benzene rings is 2. The molecule has 13 heteroatoms. The maximum absolute atomic E-state index is 12.5. The van der Waals surface area contributed by atoms with E-state index in [4.69, 9.17) is 49.4 Å². The maximum Gasteiger partial charge on any atom is 0.490 e. The number of carboxylic acids is 1. The number of likely N-dealkylation sites (N-methyl/N-ethyl adjacent to an activating group) is 1. The van der Waals surface area contributed by atoms with E-state index < -0.39 is 12.1 Å². The Morgan fingerprint density at radius 2 is 1.77 bits per heavy atom. The monoisotopic (exact) mass is 609 g/mol. The van der Waals surface area contributed by atoms with Gasteiger partial charge in [-0.2, -0.15) is 13.2 Å². The number of halogens is 6. The van der Waals surface area contributed by atoms with Crippen LogP contribution in [-0.4, -0.2) is 78.3 Å². The summed E-state index contributed by atoms with van der Waals surface area (Å²) in [6.45, 7) is 4.28. The Labute approximate surface area is 239 Å². The molecule has 39 heavy (non-hydrogen) atoms. The molecule has 0 spiro atoms. The van der Waals surface area contributed by atoms with Crippen molar-refractivity contribution >= 4 is 46.7 Å². The summed E-state index contributed by atoms with van der Waals surface area (Å²) in [4.78, 5) is 26.1. The minimum absolute atomic E-state index is 0.0958. The second kappa shape index (κ2) is 13.9. The van der Waals surface area contributed by atoms with Crippen LogP contribution in [0.25, 0.3) is 0 Å². The average Bonchev–Trinajstić information content (AvgIpc) is 3.48. The predicted molar refractivity (Wildman–Crippen MR) is 144 cm³/mol. The van der Waals surface area contributed by atoms with Crippen LogP contribution in [0.2, 0.25) is 15.1 Å². The summed E-state index contributed by atoms with van der Waals surface area (Å²) in [5, 5.41) is 11.7. The molecule has 0 bridgehead atoms. The lowest BCUT2D eigenvalue weighted by Crippen LogP contribution is -2.37. The molecule has 0 aliphatic carbocycles. The van der Waals surface area contributed by atoms with Crippen molar-refractivity contribution in [1.29, 1.82) is 0 Å². The van der Waals surface area contributed by atoms with Gasteiger partial charge in [0.1, 0.15) is 12.4 Å². The highest BCUT2D eigenvalue weighted by Crippen LogP contribution is 2.28. The van der Waals surface area contributed by atoms with E-state index in [1.165, 1.54) is 12.8 Å². The van der Waals surface area contributed by atoms with E-state index in [1.807, 2.05) is 12.1 Å². The molecule has 0 radical (unpaired) electrons. The van der Waals surface area contributed by atoms with Crippen LogP contribution in [0.5, 0.6) is 5.75 Å². The lowest BCUT2D eigenvalue weighted by Gasteiger charge is -2.20. The Bertz CT molecular complexity index is 1170. The van der Waals surface area contributed by atoms with Crippen molar-refractivity contribution in [2.45, 2.75) is 44.1 Å². The van der Waals surface area contributed by atoms with E-state index in [0.29, 0.717) is 33.3 Å². The Morgan fingerprint density at radius 3 is 2.36 bits per heavy atom. The van der Waals surface area contributed by atoms with Crippen molar-refractivity contribution in [1.82, 2.24) is 15.1 Å². The van der Waals surface area contributed by atoms with E-state index in [0.717, 1.165) is 43.9 Å². The highest BCUT2D eigenvalue weighted by molar-refractivity contribution is 6.42. The number of hydrogen-bond donors (Lipinski definition) is 2. The van der Waals surface area contributed by atoms with Crippen LogP contribution in [0.15, 0.2) is 36.4 Å². The predicted octanol–water partition coefficient (Wildman–Crippen LogP) is 5.76. The zero-order valence-corrected chi connectivity index (χ0v) is 23.4. The normalized spacial score (nSPS) is 19.9. The summed E-state index contributed by atoms with van der Waals surface area (Å²) in [7, 11) is 2.14. The molecular formula is C26H29Cl3F3N3O4. The molecule has 2 heterocycles. The molecule has 2 aliphatic rings. The van der Waals surface area contributed by atoms with Gasteiger partial charge in [-0.25, -0.2) is 4.79 Å². The second-order valence-electron chi connectivity index (χ2n) is 9.48. The summed E-state index contributed by atoms with van der Waals surface area (Å²) in [6, 6.07) is 11.5. The highest BCUT2D eigenvalue weighted by atomic mass is 35.5. The number of rotatable bonds is 7. The van der Waals surface area contributed by atoms with E-state index in [9.17, 15) is 18.0 Å². The Hall–Kier alpha value is -2.24. The van der Waals surface area contributed by atoms with Gasteiger partial charge in [0.05, 0.1) is 15.1 Å². The number of likely N-dealkylation sites (tertiary alicyclic amines) is 2. The number of nitrogens with one attached hydrogen (secondary N) is 1. The van der Waals surface area contributed by atoms with Crippen LogP contribution in [0, 0.1) is 0 Å². The summed E-state index contributed by atoms with van der Waals surface area (Å²) in [6.07, 6.45) is -1.79. The standard InChI is InChI=1S/C24H28Cl3N3O2.C2HF3O2/c1-29-9-2-3-19(29)15-32-23-7-4-16(11-22(23)27)13-30-10-8-18(14-30)28-24(31)17-5-6-20(25)21(26)12-17;3-2(4,5)1(6)7/h4-7,11-12,18-19H,2-3,8-10,13-15H2,1H3,(H,28,31);(H,6,7)/t18-,19-;/m0./s1. The molecule has 2 saturated heterocycles. The Kier molecular flexibility index (Phi) is 11.1. The average molecular weight is 611 g/mol. The fourth-order valence-electron chi connectivity index (χ4n) is 4.39. The van der Waals surface area contributed by atoms with E-state index in [2.05, 4.69) is 28.2 Å². The largest absolute Gasteiger partial charge is 0.490 e. The van der Waals surface area contributed by atoms with Crippen molar-refractivity contribution in [3.8, 4) is 5.75 Å². The number of carbonyl (C=O) groups is 2. The van der Waals surface area contributed by atoms with Crippen LogP contribution < -0.4 is 10.1 Å². The van der Waals surface area contributed by atoms with Gasteiger partial charge in [-0.15, -0.1) is 0 Å². The molecule has 0 unspecified atom stereocenters. The molecule has 2 fully saturated rings. The maximum atomic E-state index is 12.5. The number of aliphatic carboxylic acids is 1. The third-order valence-electron chi connectivity index (χ3n) is 6.54. The summed E-state index contributed by atoms with van der Waals surface area (Å²) < 4.78 is 37.7. The van der Waals surface area contributed by atoms with Gasteiger partial charge in [-0.1, -0.05) is 40.9 Å². The number of ether oxygens (including phenoxy) is 1. The first-order valence-electron chi connectivity index (χ1n) is 12.2. The van der Waals surface area contributed by atoms with Gasteiger partial charge >= 0.3 is 12.1 Å². The Morgan fingerprint density at radius 1 is 1.05 bits per heavy atom. The molecule has 2 aliphatic heterocycles. The molecule has 214 valence electrons. The zero-order chi connectivity index (χ0) is 28.7. The van der Waals surface area contributed by atoms with E-state index in [-0.39, 0.29) is 11.9 Å². The highest BCUT2D eigenvalue weighted by Gasteiger charge is 2.38. The zero-order valence-electron chi connectivity index (χ0n) is 21.1. The minimum atomic E-state index is -5.08. The third-order valence-corrected chi connectivity index (χ3v) is 7.57. The smallest absolute Gasteiger partial charge is 0.490 e. The molecule has 1 amide bonds. The molecule has 0 aromatic heterocycles. The first kappa shape index (κ1) is 31.3. The van der Waals surface area contributed by atoms with Crippen molar-refractivity contribution in [3.63, 3.8) is 0 Å². The number of nitrogens with zero attached hydrogens (tertiary/aromatic N) is 2. The van der Waals surface area contributed by atoms with Crippen molar-refractivity contribution < 1.29 is 32.6 Å². The molecule has 2 N–H and O–H groups in total. The Balaban J connectivity index is 0.000000532. The lowest BCUT2D eigenvalue weighted by molar-refractivity contribution is -0.192. The van der Waals surface area contributed by atoms with E-state index >= 15 is 0 Å². The molecule has 7 nitrogen and oxygen atoms in total.